The van der Waals surface area contributed by atoms with E-state index in [4.69, 9.17) is 19.6 Å². The molecule has 1 heterocycles. The fourth-order valence-corrected chi connectivity index (χ4v) is 3.75. The number of hydrogen-bond donors (Lipinski definition) is 4. The molecule has 0 fully saturated rings. The van der Waals surface area contributed by atoms with Gasteiger partial charge in [-0.05, 0) is 0 Å². The summed E-state index contributed by atoms with van der Waals surface area (Å²) >= 11 is 0.797. The van der Waals surface area contributed by atoms with Crippen molar-refractivity contribution >= 4 is 26.9 Å². The van der Waals surface area contributed by atoms with Crippen molar-refractivity contribution in [3.8, 4) is 0 Å². The van der Waals surface area contributed by atoms with Crippen LogP contribution < -0.4 is 0 Å². The fraction of sp³-hybridized carbons (Fsp3) is 0.500. The van der Waals surface area contributed by atoms with Crippen LogP contribution in [0, 0.1) is 0 Å². The summed E-state index contributed by atoms with van der Waals surface area (Å²) in [7, 11) is -9.73. The largest absolute Gasteiger partial charge is 0.341 e. The molecule has 15 heavy (non-hydrogen) atoms. The fourth-order valence-electron chi connectivity index (χ4n) is 0.895. The van der Waals surface area contributed by atoms with Crippen LogP contribution in [0.1, 0.15) is 5.69 Å². The van der Waals surface area contributed by atoms with Crippen LogP contribution in [0.3, 0.4) is 0 Å². The summed E-state index contributed by atoms with van der Waals surface area (Å²) in [4.78, 5) is 35.1. The summed E-state index contributed by atoms with van der Waals surface area (Å²) in [5, 5.41) is -2.05. The molecule has 0 aliphatic rings. The van der Waals surface area contributed by atoms with Crippen molar-refractivity contribution in [1.29, 1.82) is 0 Å². The van der Waals surface area contributed by atoms with Crippen molar-refractivity contribution in [3.05, 3.63) is 11.9 Å². The third-order valence-corrected chi connectivity index (χ3v) is 5.81. The molecule has 0 bridgehead atoms. The Morgan fingerprint density at radius 2 is 1.80 bits per heavy atom. The molecule has 86 valence electrons. The maximum atomic E-state index is 10.9. The Bertz CT molecular complexity index is 387. The van der Waals surface area contributed by atoms with Crippen molar-refractivity contribution in [2.45, 2.75) is 11.8 Å². The van der Waals surface area contributed by atoms with Crippen molar-refractivity contribution < 1.29 is 28.7 Å². The second-order valence-corrected chi connectivity index (χ2v) is 7.33. The zero-order chi connectivity index (χ0) is 11.7. The van der Waals surface area contributed by atoms with E-state index in [9.17, 15) is 9.13 Å². The minimum absolute atomic E-state index is 0.150. The zero-order valence-corrected chi connectivity index (χ0v) is 9.77. The highest BCUT2D eigenvalue weighted by Gasteiger charge is 2.43. The van der Waals surface area contributed by atoms with Crippen LogP contribution in [0.25, 0.3) is 0 Å². The number of hydrogen-bond acceptors (Lipinski definition) is 5. The maximum Gasteiger partial charge on any atom is 0.341 e. The molecule has 11 heteroatoms. The van der Waals surface area contributed by atoms with E-state index in [2.05, 4.69) is 8.75 Å². The van der Waals surface area contributed by atoms with Crippen molar-refractivity contribution in [1.82, 2.24) is 8.75 Å². The average Bonchev–Trinajstić information content (AvgIpc) is 2.46. The molecular formula is C4H8N2O6P2S. The highest BCUT2D eigenvalue weighted by Crippen LogP contribution is 2.60. The molecule has 0 aliphatic heterocycles. The van der Waals surface area contributed by atoms with Crippen LogP contribution in [0.2, 0.25) is 0 Å². The molecule has 0 aliphatic carbocycles. The van der Waals surface area contributed by atoms with Gasteiger partial charge in [-0.15, -0.1) is 0 Å². The van der Waals surface area contributed by atoms with E-state index in [-0.39, 0.29) is 5.69 Å². The third kappa shape index (κ3) is 3.73. The molecule has 8 nitrogen and oxygen atoms in total. The summed E-state index contributed by atoms with van der Waals surface area (Å²) < 4.78 is 28.9. The van der Waals surface area contributed by atoms with Gasteiger partial charge in [0.1, 0.15) is 0 Å². The van der Waals surface area contributed by atoms with Crippen molar-refractivity contribution in [3.63, 3.8) is 0 Å². The van der Waals surface area contributed by atoms with Crippen LogP contribution in [-0.4, -0.2) is 33.7 Å². The SMILES string of the molecule is O=P(O)(O)C(Cc1cnsn1)P(=O)(O)O. The van der Waals surface area contributed by atoms with Crippen LogP contribution >= 0.6 is 26.9 Å². The van der Waals surface area contributed by atoms with Gasteiger partial charge in [0.05, 0.1) is 23.6 Å². The Hall–Kier alpha value is -0.140. The van der Waals surface area contributed by atoms with E-state index < -0.39 is 27.0 Å². The molecule has 0 unspecified atom stereocenters. The van der Waals surface area contributed by atoms with E-state index >= 15 is 0 Å². The van der Waals surface area contributed by atoms with Gasteiger partial charge in [0, 0.05) is 6.42 Å². The first kappa shape index (κ1) is 12.9. The van der Waals surface area contributed by atoms with Gasteiger partial charge in [0.25, 0.3) is 0 Å². The smallest absolute Gasteiger partial charge is 0.324 e. The monoisotopic (exact) mass is 274 g/mol. The lowest BCUT2D eigenvalue weighted by atomic mass is 10.4. The van der Waals surface area contributed by atoms with E-state index in [0.717, 1.165) is 11.7 Å². The second-order valence-electron chi connectivity index (χ2n) is 2.76. The maximum absolute atomic E-state index is 10.9. The number of aromatic nitrogens is 2. The predicted molar refractivity (Wildman–Crippen MR) is 51.5 cm³/mol. The van der Waals surface area contributed by atoms with E-state index in [0.29, 0.717) is 0 Å². The highest BCUT2D eigenvalue weighted by molar-refractivity contribution is 7.70. The van der Waals surface area contributed by atoms with Gasteiger partial charge in [-0.25, -0.2) is 0 Å². The topological polar surface area (TPSA) is 141 Å². The van der Waals surface area contributed by atoms with Gasteiger partial charge in [-0.3, -0.25) is 9.13 Å². The van der Waals surface area contributed by atoms with Gasteiger partial charge < -0.3 is 19.6 Å². The van der Waals surface area contributed by atoms with Crippen LogP contribution in [0.15, 0.2) is 6.20 Å². The molecule has 0 spiro atoms. The first-order valence-corrected chi connectivity index (χ1v) is 7.67. The van der Waals surface area contributed by atoms with Crippen LogP contribution in [0.5, 0.6) is 0 Å². The lowest BCUT2D eigenvalue weighted by molar-refractivity contribution is 0.338. The molecule has 0 aromatic carbocycles. The van der Waals surface area contributed by atoms with E-state index in [1.54, 1.807) is 0 Å². The van der Waals surface area contributed by atoms with Crippen molar-refractivity contribution in [2.24, 2.45) is 0 Å². The average molecular weight is 274 g/mol. The molecule has 4 N–H and O–H groups in total. The van der Waals surface area contributed by atoms with E-state index in [1.165, 1.54) is 6.20 Å². The molecule has 0 atom stereocenters. The summed E-state index contributed by atoms with van der Waals surface area (Å²) in [5.41, 5.74) is 0.150. The predicted octanol–water partition coefficient (Wildman–Crippen LogP) is -0.238. The molecule has 1 aromatic heterocycles. The molecule has 0 amide bonds. The minimum atomic E-state index is -4.86. The van der Waals surface area contributed by atoms with Crippen LogP contribution in [0.4, 0.5) is 0 Å². The quantitative estimate of drug-likeness (QED) is 0.551. The van der Waals surface area contributed by atoms with Gasteiger partial charge in [0.2, 0.25) is 0 Å². The van der Waals surface area contributed by atoms with Gasteiger partial charge >= 0.3 is 15.2 Å². The minimum Gasteiger partial charge on any atom is -0.324 e. The Morgan fingerprint density at radius 1 is 1.27 bits per heavy atom. The molecule has 0 radical (unpaired) electrons. The molecule has 0 saturated carbocycles. The first-order valence-electron chi connectivity index (χ1n) is 3.58. The summed E-state index contributed by atoms with van der Waals surface area (Å²) in [5.74, 6) is 0. The molecule has 0 saturated heterocycles. The van der Waals surface area contributed by atoms with Crippen molar-refractivity contribution in [2.75, 3.05) is 0 Å². The van der Waals surface area contributed by atoms with Gasteiger partial charge in [-0.2, -0.15) is 8.75 Å². The Kier molecular flexibility index (Phi) is 3.78. The second kappa shape index (κ2) is 4.39. The lowest BCUT2D eigenvalue weighted by Gasteiger charge is -2.18. The summed E-state index contributed by atoms with van der Waals surface area (Å²) in [6.45, 7) is 0. The third-order valence-electron chi connectivity index (χ3n) is 1.58. The zero-order valence-electron chi connectivity index (χ0n) is 7.16. The highest BCUT2D eigenvalue weighted by atomic mass is 32.1. The molecule has 1 rings (SSSR count). The Labute approximate surface area is 88.6 Å². The normalized spacial score (nSPS) is 13.4. The summed E-state index contributed by atoms with van der Waals surface area (Å²) in [6, 6.07) is 0. The number of rotatable bonds is 4. The Balaban J connectivity index is 2.95. The van der Waals surface area contributed by atoms with E-state index in [1.807, 2.05) is 0 Å². The lowest BCUT2D eigenvalue weighted by Crippen LogP contribution is -2.12. The standard InChI is InChI=1S/C4H8N2O6P2S/c7-13(8,9)4(14(10,11)12)1-3-2-5-15-6-3/h2,4H,1H2,(H2,7,8,9)(H2,10,11,12). The van der Waals surface area contributed by atoms with Crippen LogP contribution in [-0.2, 0) is 15.6 Å². The molecule has 1 aromatic rings. The van der Waals surface area contributed by atoms with Gasteiger partial charge in [-0.1, -0.05) is 0 Å². The molecular weight excluding hydrogens is 266 g/mol. The first-order chi connectivity index (χ1) is 6.71. The number of nitrogens with zero attached hydrogens (tertiary/aromatic N) is 2. The Morgan fingerprint density at radius 3 is 2.13 bits per heavy atom. The van der Waals surface area contributed by atoms with Gasteiger partial charge in [0.15, 0.2) is 5.40 Å². The summed E-state index contributed by atoms with van der Waals surface area (Å²) in [6.07, 6.45) is 0.716.